The van der Waals surface area contributed by atoms with Gasteiger partial charge in [-0.1, -0.05) is 0 Å². The van der Waals surface area contributed by atoms with E-state index in [4.69, 9.17) is 0 Å². The largest absolute Gasteiger partial charge is 0.363 e. The molecule has 0 radical (unpaired) electrons. The van der Waals surface area contributed by atoms with Crippen molar-refractivity contribution in [3.8, 4) is 0 Å². The molecule has 2 aromatic heterocycles. The molecular weight excluding hydrogens is 244 g/mol. The van der Waals surface area contributed by atoms with Gasteiger partial charge in [0.05, 0.1) is 6.04 Å². The van der Waals surface area contributed by atoms with Gasteiger partial charge >= 0.3 is 0 Å². The summed E-state index contributed by atoms with van der Waals surface area (Å²) in [5.74, 6) is 1.56. The number of thiophene rings is 1. The first-order valence-corrected chi connectivity index (χ1v) is 7.01. The summed E-state index contributed by atoms with van der Waals surface area (Å²) in [5.41, 5.74) is 2.33. The van der Waals surface area contributed by atoms with Crippen LogP contribution in [-0.4, -0.2) is 16.5 Å². The Balaban J connectivity index is 2.15. The summed E-state index contributed by atoms with van der Waals surface area (Å²) in [6.07, 6.45) is 1.84. The van der Waals surface area contributed by atoms with Gasteiger partial charge in [-0.3, -0.25) is 0 Å². The fourth-order valence-corrected chi connectivity index (χ4v) is 2.40. The smallest absolute Gasteiger partial charge is 0.224 e. The number of hydrogen-bond donors (Lipinski definition) is 2. The average Bonchev–Trinajstić information content (AvgIpc) is 2.87. The Hall–Kier alpha value is -1.62. The van der Waals surface area contributed by atoms with Crippen molar-refractivity contribution in [2.75, 3.05) is 17.2 Å². The van der Waals surface area contributed by atoms with Crippen molar-refractivity contribution in [2.24, 2.45) is 0 Å². The molecule has 0 fully saturated rings. The van der Waals surface area contributed by atoms with Gasteiger partial charge in [0, 0.05) is 18.3 Å². The minimum Gasteiger partial charge on any atom is -0.363 e. The van der Waals surface area contributed by atoms with Gasteiger partial charge in [-0.15, -0.1) is 0 Å². The topological polar surface area (TPSA) is 49.8 Å². The lowest BCUT2D eigenvalue weighted by atomic mass is 10.2. The van der Waals surface area contributed by atoms with Crippen molar-refractivity contribution < 1.29 is 0 Å². The third-order valence-corrected chi connectivity index (χ3v) is 3.40. The van der Waals surface area contributed by atoms with Crippen LogP contribution in [0.2, 0.25) is 0 Å². The number of nitrogens with one attached hydrogen (secondary N) is 2. The molecule has 0 aliphatic rings. The molecule has 0 aromatic carbocycles. The van der Waals surface area contributed by atoms with E-state index in [2.05, 4.69) is 44.4 Å². The number of anilines is 2. The lowest BCUT2D eigenvalue weighted by Crippen LogP contribution is -2.11. The lowest BCUT2D eigenvalue weighted by Gasteiger charge is -2.15. The van der Waals surface area contributed by atoms with E-state index in [1.54, 1.807) is 11.3 Å². The number of nitrogens with zero attached hydrogens (tertiary/aromatic N) is 2. The molecule has 4 nitrogen and oxygen atoms in total. The average molecular weight is 262 g/mol. The summed E-state index contributed by atoms with van der Waals surface area (Å²) >= 11 is 1.71. The standard InChI is InChI=1S/C13H18N4S/c1-4-14-13-15-7-9(2)12(17-13)16-10(3)11-5-6-18-8-11/h5-8,10H,4H2,1-3H3,(H2,14,15,16,17). The molecule has 0 saturated carbocycles. The fraction of sp³-hybridized carbons (Fsp3) is 0.385. The molecule has 2 rings (SSSR count). The second-order valence-corrected chi connectivity index (χ2v) is 4.96. The van der Waals surface area contributed by atoms with Crippen molar-refractivity contribution in [1.82, 2.24) is 9.97 Å². The van der Waals surface area contributed by atoms with Crippen molar-refractivity contribution in [1.29, 1.82) is 0 Å². The van der Waals surface area contributed by atoms with E-state index in [1.165, 1.54) is 5.56 Å². The van der Waals surface area contributed by atoms with Crippen LogP contribution in [0.3, 0.4) is 0 Å². The molecule has 0 aliphatic carbocycles. The summed E-state index contributed by atoms with van der Waals surface area (Å²) in [6, 6.07) is 2.38. The van der Waals surface area contributed by atoms with E-state index in [0.29, 0.717) is 5.95 Å². The maximum Gasteiger partial charge on any atom is 0.224 e. The van der Waals surface area contributed by atoms with Crippen molar-refractivity contribution >= 4 is 23.1 Å². The van der Waals surface area contributed by atoms with Crippen LogP contribution in [0.1, 0.15) is 31.0 Å². The van der Waals surface area contributed by atoms with Crippen LogP contribution < -0.4 is 10.6 Å². The minimum atomic E-state index is 0.249. The monoisotopic (exact) mass is 262 g/mol. The van der Waals surface area contributed by atoms with Crippen molar-refractivity contribution in [3.63, 3.8) is 0 Å². The Labute approximate surface area is 111 Å². The SMILES string of the molecule is CCNc1ncc(C)c(NC(C)c2ccsc2)n1. The number of hydrogen-bond acceptors (Lipinski definition) is 5. The van der Waals surface area contributed by atoms with Gasteiger partial charge in [0.15, 0.2) is 0 Å². The second-order valence-electron chi connectivity index (χ2n) is 4.18. The molecule has 0 aliphatic heterocycles. The van der Waals surface area contributed by atoms with E-state index in [-0.39, 0.29) is 6.04 Å². The molecule has 2 aromatic rings. The summed E-state index contributed by atoms with van der Waals surface area (Å²) in [6.45, 7) is 7.00. The van der Waals surface area contributed by atoms with Gasteiger partial charge in [-0.2, -0.15) is 16.3 Å². The highest BCUT2D eigenvalue weighted by atomic mass is 32.1. The Morgan fingerprint density at radius 3 is 2.94 bits per heavy atom. The maximum absolute atomic E-state index is 4.48. The summed E-state index contributed by atoms with van der Waals surface area (Å²) in [4.78, 5) is 8.72. The highest BCUT2D eigenvalue weighted by Crippen LogP contribution is 2.22. The summed E-state index contributed by atoms with van der Waals surface area (Å²) in [5, 5.41) is 10.8. The van der Waals surface area contributed by atoms with Gasteiger partial charge in [0.25, 0.3) is 0 Å². The molecule has 2 heterocycles. The first-order valence-electron chi connectivity index (χ1n) is 6.07. The number of aryl methyl sites for hydroxylation is 1. The highest BCUT2D eigenvalue weighted by molar-refractivity contribution is 7.07. The summed E-state index contributed by atoms with van der Waals surface area (Å²) < 4.78 is 0. The molecule has 5 heteroatoms. The van der Waals surface area contributed by atoms with E-state index in [1.807, 2.05) is 20.0 Å². The Morgan fingerprint density at radius 2 is 2.28 bits per heavy atom. The molecule has 1 unspecified atom stereocenters. The van der Waals surface area contributed by atoms with Crippen LogP contribution in [0.4, 0.5) is 11.8 Å². The molecule has 0 amide bonds. The van der Waals surface area contributed by atoms with E-state index in [0.717, 1.165) is 17.9 Å². The zero-order valence-corrected chi connectivity index (χ0v) is 11.7. The molecular formula is C13H18N4S. The van der Waals surface area contributed by atoms with Crippen LogP contribution >= 0.6 is 11.3 Å². The van der Waals surface area contributed by atoms with Crippen LogP contribution in [0, 0.1) is 6.92 Å². The Bertz CT molecular complexity index is 496. The molecule has 0 bridgehead atoms. The van der Waals surface area contributed by atoms with E-state index < -0.39 is 0 Å². The van der Waals surface area contributed by atoms with Gasteiger partial charge < -0.3 is 10.6 Å². The molecule has 18 heavy (non-hydrogen) atoms. The quantitative estimate of drug-likeness (QED) is 0.866. The minimum absolute atomic E-state index is 0.249. The highest BCUT2D eigenvalue weighted by Gasteiger charge is 2.09. The van der Waals surface area contributed by atoms with E-state index >= 15 is 0 Å². The Morgan fingerprint density at radius 1 is 1.44 bits per heavy atom. The van der Waals surface area contributed by atoms with Crippen LogP contribution in [0.15, 0.2) is 23.0 Å². The normalized spacial score (nSPS) is 12.2. The third kappa shape index (κ3) is 2.98. The number of rotatable bonds is 5. The van der Waals surface area contributed by atoms with Crippen LogP contribution in [-0.2, 0) is 0 Å². The van der Waals surface area contributed by atoms with Gasteiger partial charge in [0.1, 0.15) is 5.82 Å². The predicted molar refractivity (Wildman–Crippen MR) is 77.3 cm³/mol. The van der Waals surface area contributed by atoms with Gasteiger partial charge in [0.2, 0.25) is 5.95 Å². The van der Waals surface area contributed by atoms with Gasteiger partial charge in [-0.05, 0) is 43.2 Å². The zero-order valence-electron chi connectivity index (χ0n) is 10.9. The van der Waals surface area contributed by atoms with Crippen LogP contribution in [0.25, 0.3) is 0 Å². The first kappa shape index (κ1) is 12.8. The second kappa shape index (κ2) is 5.82. The number of aromatic nitrogens is 2. The maximum atomic E-state index is 4.48. The van der Waals surface area contributed by atoms with Crippen LogP contribution in [0.5, 0.6) is 0 Å². The molecule has 0 spiro atoms. The molecule has 96 valence electrons. The Kier molecular flexibility index (Phi) is 4.15. The van der Waals surface area contributed by atoms with Crippen molar-refractivity contribution in [2.45, 2.75) is 26.8 Å². The van der Waals surface area contributed by atoms with E-state index in [9.17, 15) is 0 Å². The molecule has 2 N–H and O–H groups in total. The fourth-order valence-electron chi connectivity index (χ4n) is 1.64. The van der Waals surface area contributed by atoms with Crippen molar-refractivity contribution in [3.05, 3.63) is 34.2 Å². The first-order chi connectivity index (χ1) is 8.70. The third-order valence-electron chi connectivity index (χ3n) is 2.70. The molecule has 1 atom stereocenters. The zero-order chi connectivity index (χ0) is 13.0. The molecule has 0 saturated heterocycles. The predicted octanol–water partition coefficient (Wildman–Crippen LogP) is 3.45. The summed E-state index contributed by atoms with van der Waals surface area (Å²) in [7, 11) is 0. The van der Waals surface area contributed by atoms with Gasteiger partial charge in [-0.25, -0.2) is 4.98 Å². The lowest BCUT2D eigenvalue weighted by molar-refractivity contribution is 0.873.